The molecule has 2 aliphatic heterocycles. The van der Waals surface area contributed by atoms with Gasteiger partial charge in [0.1, 0.15) is 12.1 Å². The molecule has 138 valence electrons. The van der Waals surface area contributed by atoms with E-state index in [2.05, 4.69) is 25.0 Å². The zero-order valence-corrected chi connectivity index (χ0v) is 15.1. The number of aromatic nitrogens is 5. The predicted molar refractivity (Wildman–Crippen MR) is 101 cm³/mol. The van der Waals surface area contributed by atoms with Crippen LogP contribution in [0.4, 0.5) is 16.3 Å². The summed E-state index contributed by atoms with van der Waals surface area (Å²) >= 11 is 0. The summed E-state index contributed by atoms with van der Waals surface area (Å²) < 4.78 is 1.97. The van der Waals surface area contributed by atoms with Gasteiger partial charge in [-0.25, -0.2) is 19.7 Å². The van der Waals surface area contributed by atoms with Crippen LogP contribution in [-0.4, -0.2) is 68.9 Å². The Bertz CT molecular complexity index is 996. The molecule has 2 fully saturated rings. The third-order valence-electron chi connectivity index (χ3n) is 5.34. The van der Waals surface area contributed by atoms with Gasteiger partial charge in [-0.05, 0) is 18.6 Å². The number of carbonyl (C=O) groups is 1. The zero-order valence-electron chi connectivity index (χ0n) is 15.1. The molecule has 5 heterocycles. The van der Waals surface area contributed by atoms with E-state index in [1.165, 1.54) is 0 Å². The molecule has 2 amide bonds. The van der Waals surface area contributed by atoms with Gasteiger partial charge in [-0.1, -0.05) is 0 Å². The number of amides is 2. The summed E-state index contributed by atoms with van der Waals surface area (Å²) in [6.07, 6.45) is 8.04. The van der Waals surface area contributed by atoms with Crippen molar-refractivity contribution >= 4 is 28.6 Å². The van der Waals surface area contributed by atoms with Crippen molar-refractivity contribution in [2.24, 2.45) is 0 Å². The Kier molecular flexibility index (Phi) is 3.66. The third-order valence-corrected chi connectivity index (χ3v) is 5.34. The first kappa shape index (κ1) is 16.0. The molecule has 3 aromatic heterocycles. The molecule has 1 unspecified atom stereocenters. The highest BCUT2D eigenvalue weighted by Gasteiger charge is 2.30. The number of likely N-dealkylation sites (N-methyl/N-ethyl adjacent to an activating group) is 1. The third kappa shape index (κ3) is 2.66. The van der Waals surface area contributed by atoms with Gasteiger partial charge < -0.3 is 9.80 Å². The van der Waals surface area contributed by atoms with Gasteiger partial charge in [-0.3, -0.25) is 9.58 Å². The summed E-state index contributed by atoms with van der Waals surface area (Å²) in [6.45, 7) is 3.16. The number of rotatable bonds is 3. The van der Waals surface area contributed by atoms with Crippen molar-refractivity contribution in [1.82, 2.24) is 29.6 Å². The highest BCUT2D eigenvalue weighted by Crippen LogP contribution is 2.30. The monoisotopic (exact) mass is 364 g/mol. The minimum absolute atomic E-state index is 0.0301. The Hall–Kier alpha value is -3.23. The molecule has 1 atom stereocenters. The highest BCUT2D eigenvalue weighted by atomic mass is 16.2. The maximum absolute atomic E-state index is 12.2. The lowest BCUT2D eigenvalue weighted by atomic mass is 10.3. The van der Waals surface area contributed by atoms with Crippen molar-refractivity contribution in [1.29, 1.82) is 0 Å². The van der Waals surface area contributed by atoms with E-state index in [-0.39, 0.29) is 12.1 Å². The average molecular weight is 364 g/mol. The largest absolute Gasteiger partial charge is 0.354 e. The minimum atomic E-state index is 0.0301. The first-order chi connectivity index (χ1) is 13.2. The second-order valence-corrected chi connectivity index (χ2v) is 6.99. The highest BCUT2D eigenvalue weighted by molar-refractivity contribution is 5.93. The molecule has 2 saturated heterocycles. The van der Waals surface area contributed by atoms with Crippen LogP contribution in [0.2, 0.25) is 0 Å². The second-order valence-electron chi connectivity index (χ2n) is 6.99. The number of anilines is 2. The summed E-state index contributed by atoms with van der Waals surface area (Å²) in [5, 5.41) is 5.49. The number of urea groups is 1. The lowest BCUT2D eigenvalue weighted by molar-refractivity contribution is 0.229. The van der Waals surface area contributed by atoms with Crippen LogP contribution in [0.25, 0.3) is 11.0 Å². The Morgan fingerprint density at radius 2 is 2.07 bits per heavy atom. The van der Waals surface area contributed by atoms with Gasteiger partial charge >= 0.3 is 6.03 Å². The molecule has 0 aliphatic carbocycles. The smallest absolute Gasteiger partial charge is 0.324 e. The molecule has 0 saturated carbocycles. The fourth-order valence-electron chi connectivity index (χ4n) is 3.84. The van der Waals surface area contributed by atoms with Crippen LogP contribution in [0.15, 0.2) is 37.1 Å². The Morgan fingerprint density at radius 3 is 2.93 bits per heavy atom. The molecule has 5 rings (SSSR count). The van der Waals surface area contributed by atoms with Crippen molar-refractivity contribution in [3.05, 3.63) is 37.1 Å². The number of hydrogen-bond acceptors (Lipinski definition) is 6. The molecule has 9 nitrogen and oxygen atoms in total. The van der Waals surface area contributed by atoms with Crippen LogP contribution in [-0.2, 0) is 0 Å². The first-order valence-electron chi connectivity index (χ1n) is 9.08. The summed E-state index contributed by atoms with van der Waals surface area (Å²) in [7, 11) is 1.82. The molecule has 2 aliphatic rings. The molecule has 0 radical (unpaired) electrons. The standard InChI is InChI=1S/C18H20N8O/c1-23-7-8-25(18(23)27)14-9-22-26(11-14)13-4-6-24(10-13)17-15-3-2-5-19-16(15)20-12-21-17/h2-3,5,9,11-13H,4,6-8,10H2,1H3. The van der Waals surface area contributed by atoms with E-state index < -0.39 is 0 Å². The predicted octanol–water partition coefficient (Wildman–Crippen LogP) is 1.54. The molecular weight excluding hydrogens is 344 g/mol. The molecule has 0 spiro atoms. The van der Waals surface area contributed by atoms with E-state index in [0.717, 1.165) is 42.9 Å². The number of pyridine rings is 1. The normalized spacial score (nSPS) is 20.3. The van der Waals surface area contributed by atoms with Crippen LogP contribution < -0.4 is 9.80 Å². The van der Waals surface area contributed by atoms with Crippen molar-refractivity contribution < 1.29 is 4.79 Å². The van der Waals surface area contributed by atoms with Crippen molar-refractivity contribution in [3.63, 3.8) is 0 Å². The second kappa shape index (κ2) is 6.19. The summed E-state index contributed by atoms with van der Waals surface area (Å²) in [6, 6.07) is 4.19. The molecule has 3 aromatic rings. The van der Waals surface area contributed by atoms with E-state index in [9.17, 15) is 4.79 Å². The van der Waals surface area contributed by atoms with Gasteiger partial charge in [-0.15, -0.1) is 0 Å². The summed E-state index contributed by atoms with van der Waals surface area (Å²) in [5.41, 5.74) is 1.57. The fraction of sp³-hybridized carbons (Fsp3) is 0.389. The number of hydrogen-bond donors (Lipinski definition) is 0. The SMILES string of the molecule is CN1CCN(c2cnn(C3CCN(c4ncnc5ncccc45)C3)c2)C1=O. The maximum Gasteiger partial charge on any atom is 0.324 e. The van der Waals surface area contributed by atoms with E-state index >= 15 is 0 Å². The van der Waals surface area contributed by atoms with Gasteiger partial charge in [0.15, 0.2) is 5.65 Å². The average Bonchev–Trinajstić information content (AvgIpc) is 3.42. The van der Waals surface area contributed by atoms with Gasteiger partial charge in [0.25, 0.3) is 0 Å². The summed E-state index contributed by atoms with van der Waals surface area (Å²) in [5.74, 6) is 0.916. The molecule has 9 heteroatoms. The molecule has 0 bridgehead atoms. The Labute approximate surface area is 156 Å². The Balaban J connectivity index is 1.36. The molecule has 27 heavy (non-hydrogen) atoms. The number of nitrogens with zero attached hydrogens (tertiary/aromatic N) is 8. The van der Waals surface area contributed by atoms with Crippen molar-refractivity contribution in [2.75, 3.05) is 43.0 Å². The van der Waals surface area contributed by atoms with Crippen LogP contribution in [0.1, 0.15) is 12.5 Å². The van der Waals surface area contributed by atoms with Crippen LogP contribution >= 0.6 is 0 Å². The van der Waals surface area contributed by atoms with Gasteiger partial charge in [0.2, 0.25) is 0 Å². The maximum atomic E-state index is 12.2. The lowest BCUT2D eigenvalue weighted by Crippen LogP contribution is -2.28. The lowest BCUT2D eigenvalue weighted by Gasteiger charge is -2.19. The van der Waals surface area contributed by atoms with E-state index in [1.54, 1.807) is 28.5 Å². The van der Waals surface area contributed by atoms with Crippen LogP contribution in [0.3, 0.4) is 0 Å². The first-order valence-corrected chi connectivity index (χ1v) is 9.08. The van der Waals surface area contributed by atoms with Crippen LogP contribution in [0.5, 0.6) is 0 Å². The Morgan fingerprint density at radius 1 is 1.15 bits per heavy atom. The molecule has 0 aromatic carbocycles. The molecular formula is C18H20N8O. The van der Waals surface area contributed by atoms with E-state index in [1.807, 2.05) is 30.1 Å². The number of carbonyl (C=O) groups excluding carboxylic acids is 1. The number of fused-ring (bicyclic) bond motifs is 1. The van der Waals surface area contributed by atoms with E-state index in [4.69, 9.17) is 0 Å². The van der Waals surface area contributed by atoms with Gasteiger partial charge in [-0.2, -0.15) is 5.10 Å². The quantitative estimate of drug-likeness (QED) is 0.701. The fourth-order valence-corrected chi connectivity index (χ4v) is 3.84. The minimum Gasteiger partial charge on any atom is -0.354 e. The van der Waals surface area contributed by atoms with Crippen molar-refractivity contribution in [3.8, 4) is 0 Å². The summed E-state index contributed by atoms with van der Waals surface area (Å²) in [4.78, 5) is 31.0. The molecule has 0 N–H and O–H groups in total. The zero-order chi connectivity index (χ0) is 18.4. The van der Waals surface area contributed by atoms with Gasteiger partial charge in [0.05, 0.1) is 23.3 Å². The van der Waals surface area contributed by atoms with Gasteiger partial charge in [0, 0.05) is 45.6 Å². The van der Waals surface area contributed by atoms with Crippen LogP contribution in [0, 0.1) is 0 Å². The topological polar surface area (TPSA) is 83.3 Å². The van der Waals surface area contributed by atoms with E-state index in [0.29, 0.717) is 12.2 Å². The van der Waals surface area contributed by atoms with Crippen molar-refractivity contribution in [2.45, 2.75) is 12.5 Å².